The van der Waals surface area contributed by atoms with Crippen molar-refractivity contribution in [3.63, 3.8) is 0 Å². The van der Waals surface area contributed by atoms with Crippen LogP contribution >= 0.6 is 15.9 Å². The van der Waals surface area contributed by atoms with Gasteiger partial charge in [0.25, 0.3) is 0 Å². The molecule has 0 spiro atoms. The van der Waals surface area contributed by atoms with Crippen LogP contribution in [0.1, 0.15) is 17.2 Å². The molecule has 25 heavy (non-hydrogen) atoms. The lowest BCUT2D eigenvalue weighted by molar-refractivity contribution is -0.274. The van der Waals surface area contributed by atoms with Crippen molar-refractivity contribution < 1.29 is 17.9 Å². The van der Waals surface area contributed by atoms with Crippen LogP contribution in [-0.2, 0) is 0 Å². The number of rotatable bonds is 4. The van der Waals surface area contributed by atoms with Crippen LogP contribution in [0.2, 0.25) is 0 Å². The molecule has 0 aliphatic carbocycles. The van der Waals surface area contributed by atoms with Crippen molar-refractivity contribution in [2.75, 3.05) is 26.2 Å². The first-order valence-electron chi connectivity index (χ1n) is 7.83. The van der Waals surface area contributed by atoms with Gasteiger partial charge < -0.3 is 10.1 Å². The van der Waals surface area contributed by atoms with Crippen molar-refractivity contribution in [2.45, 2.75) is 12.4 Å². The summed E-state index contributed by atoms with van der Waals surface area (Å²) in [6.07, 6.45) is -1.19. The summed E-state index contributed by atoms with van der Waals surface area (Å²) in [5.41, 5.74) is 1.89. The predicted octanol–water partition coefficient (Wildman–Crippen LogP) is 3.74. The Hall–Kier alpha value is -1.64. The van der Waals surface area contributed by atoms with Crippen LogP contribution in [0.3, 0.4) is 0 Å². The normalized spacial score (nSPS) is 17.3. The summed E-state index contributed by atoms with van der Waals surface area (Å²) in [7, 11) is 0. The molecule has 3 rings (SSSR count). The molecule has 1 N–H and O–H groups in total. The maximum absolute atomic E-state index is 12.3. The van der Waals surface area contributed by atoms with Gasteiger partial charge in [-0.2, -0.15) is 0 Å². The van der Waals surface area contributed by atoms with E-state index in [2.05, 4.69) is 35.9 Å². The lowest BCUT2D eigenvalue weighted by atomic mass is 9.97. The van der Waals surface area contributed by atoms with Gasteiger partial charge in [-0.15, -0.1) is 13.2 Å². The number of piperazine rings is 1. The minimum Gasteiger partial charge on any atom is -0.406 e. The summed E-state index contributed by atoms with van der Waals surface area (Å²) in [4.78, 5) is 6.52. The summed E-state index contributed by atoms with van der Waals surface area (Å²) in [6, 6.07) is 7.96. The van der Waals surface area contributed by atoms with E-state index in [1.54, 1.807) is 24.5 Å². The second kappa shape index (κ2) is 7.72. The van der Waals surface area contributed by atoms with E-state index in [0.717, 1.165) is 41.8 Å². The van der Waals surface area contributed by atoms with E-state index < -0.39 is 6.36 Å². The van der Waals surface area contributed by atoms with Crippen molar-refractivity contribution >= 4 is 15.9 Å². The number of alkyl halides is 3. The number of ether oxygens (including phenoxy) is 1. The van der Waals surface area contributed by atoms with Gasteiger partial charge in [-0.1, -0.05) is 12.1 Å². The highest BCUT2D eigenvalue weighted by Gasteiger charge is 2.31. The third kappa shape index (κ3) is 4.93. The van der Waals surface area contributed by atoms with E-state index >= 15 is 0 Å². The standard InChI is InChI=1S/C17H17BrF3N3O/c18-14-9-13(10-23-11-14)16(24-7-5-22-6-8-24)12-1-3-15(4-2-12)25-17(19,20)21/h1-4,9-11,16,22H,5-8H2/t16-/m0/s1. The van der Waals surface area contributed by atoms with E-state index in [1.165, 1.54) is 12.1 Å². The molecule has 1 atom stereocenters. The minimum atomic E-state index is -4.69. The summed E-state index contributed by atoms with van der Waals surface area (Å²) in [5, 5.41) is 3.31. The number of hydrogen-bond acceptors (Lipinski definition) is 4. The highest BCUT2D eigenvalue weighted by molar-refractivity contribution is 9.10. The molecule has 2 heterocycles. The maximum Gasteiger partial charge on any atom is 0.573 e. The molecule has 1 aromatic carbocycles. The number of benzene rings is 1. The summed E-state index contributed by atoms with van der Waals surface area (Å²) >= 11 is 3.43. The molecule has 1 aliphatic heterocycles. The number of pyridine rings is 1. The second-order valence-electron chi connectivity index (χ2n) is 5.74. The zero-order chi connectivity index (χ0) is 17.9. The molecule has 1 aromatic heterocycles. The molecule has 0 bridgehead atoms. The lowest BCUT2D eigenvalue weighted by Crippen LogP contribution is -2.45. The minimum absolute atomic E-state index is 0.0768. The summed E-state index contributed by atoms with van der Waals surface area (Å²) in [5.74, 6) is -0.220. The van der Waals surface area contributed by atoms with Crippen LogP contribution in [0.4, 0.5) is 13.2 Å². The zero-order valence-corrected chi connectivity index (χ0v) is 14.8. The zero-order valence-electron chi connectivity index (χ0n) is 13.3. The fraction of sp³-hybridized carbons (Fsp3) is 0.353. The van der Waals surface area contributed by atoms with Gasteiger partial charge in [0.1, 0.15) is 5.75 Å². The van der Waals surface area contributed by atoms with Gasteiger partial charge in [0.15, 0.2) is 0 Å². The van der Waals surface area contributed by atoms with Gasteiger partial charge in [0.05, 0.1) is 6.04 Å². The van der Waals surface area contributed by atoms with Gasteiger partial charge in [-0.3, -0.25) is 9.88 Å². The Morgan fingerprint density at radius 2 is 1.76 bits per heavy atom. The molecule has 0 radical (unpaired) electrons. The van der Waals surface area contributed by atoms with Crippen LogP contribution in [0.15, 0.2) is 47.2 Å². The molecular weight excluding hydrogens is 399 g/mol. The Balaban J connectivity index is 1.91. The van der Waals surface area contributed by atoms with Gasteiger partial charge in [-0.25, -0.2) is 0 Å². The Morgan fingerprint density at radius 1 is 1.08 bits per heavy atom. The average molecular weight is 416 g/mol. The predicted molar refractivity (Wildman–Crippen MR) is 91.3 cm³/mol. The van der Waals surface area contributed by atoms with E-state index in [1.807, 2.05) is 6.07 Å². The third-order valence-corrected chi connectivity index (χ3v) is 4.42. The lowest BCUT2D eigenvalue weighted by Gasteiger charge is -2.35. The van der Waals surface area contributed by atoms with Crippen LogP contribution in [-0.4, -0.2) is 42.4 Å². The number of nitrogens with one attached hydrogen (secondary N) is 1. The first kappa shape index (κ1) is 18.2. The van der Waals surface area contributed by atoms with Crippen molar-refractivity contribution in [1.82, 2.24) is 15.2 Å². The molecule has 1 aliphatic rings. The van der Waals surface area contributed by atoms with Crippen LogP contribution in [0.5, 0.6) is 5.75 Å². The number of halogens is 4. The smallest absolute Gasteiger partial charge is 0.406 e. The van der Waals surface area contributed by atoms with E-state index in [9.17, 15) is 13.2 Å². The van der Waals surface area contributed by atoms with Crippen molar-refractivity contribution in [2.24, 2.45) is 0 Å². The second-order valence-corrected chi connectivity index (χ2v) is 6.66. The van der Waals surface area contributed by atoms with Gasteiger partial charge >= 0.3 is 6.36 Å². The third-order valence-electron chi connectivity index (χ3n) is 3.99. The molecule has 0 unspecified atom stereocenters. The van der Waals surface area contributed by atoms with Gasteiger partial charge in [0.2, 0.25) is 0 Å². The molecular formula is C17H17BrF3N3O. The van der Waals surface area contributed by atoms with E-state index in [-0.39, 0.29) is 11.8 Å². The molecule has 0 saturated carbocycles. The molecule has 134 valence electrons. The van der Waals surface area contributed by atoms with Crippen molar-refractivity contribution in [1.29, 1.82) is 0 Å². The Kier molecular flexibility index (Phi) is 5.61. The Morgan fingerprint density at radius 3 is 2.36 bits per heavy atom. The fourth-order valence-corrected chi connectivity index (χ4v) is 3.37. The first-order valence-corrected chi connectivity index (χ1v) is 8.62. The molecule has 4 nitrogen and oxygen atoms in total. The summed E-state index contributed by atoms with van der Waals surface area (Å²) in [6.45, 7) is 3.43. The number of aromatic nitrogens is 1. The van der Waals surface area contributed by atoms with Gasteiger partial charge in [0, 0.05) is 43.0 Å². The number of nitrogens with zero attached hydrogens (tertiary/aromatic N) is 2. The van der Waals surface area contributed by atoms with E-state index in [4.69, 9.17) is 0 Å². The van der Waals surface area contributed by atoms with Crippen LogP contribution in [0.25, 0.3) is 0 Å². The molecule has 0 amide bonds. The largest absolute Gasteiger partial charge is 0.573 e. The Bertz CT molecular complexity index is 703. The maximum atomic E-state index is 12.3. The molecule has 2 aromatic rings. The van der Waals surface area contributed by atoms with Crippen LogP contribution in [0, 0.1) is 0 Å². The quantitative estimate of drug-likeness (QED) is 0.825. The number of hydrogen-bond donors (Lipinski definition) is 1. The molecule has 8 heteroatoms. The van der Waals surface area contributed by atoms with E-state index in [0.29, 0.717) is 0 Å². The first-order chi connectivity index (χ1) is 11.9. The average Bonchev–Trinajstić information content (AvgIpc) is 2.56. The molecule has 1 saturated heterocycles. The molecule has 1 fully saturated rings. The van der Waals surface area contributed by atoms with Crippen molar-refractivity contribution in [3.8, 4) is 5.75 Å². The van der Waals surface area contributed by atoms with Crippen LogP contribution < -0.4 is 10.1 Å². The van der Waals surface area contributed by atoms with Crippen molar-refractivity contribution in [3.05, 3.63) is 58.3 Å². The monoisotopic (exact) mass is 415 g/mol. The SMILES string of the molecule is FC(F)(F)Oc1ccc([C@@H](c2cncc(Br)c2)N2CCNCC2)cc1. The summed E-state index contributed by atoms with van der Waals surface area (Å²) < 4.78 is 41.9. The highest BCUT2D eigenvalue weighted by atomic mass is 79.9. The highest BCUT2D eigenvalue weighted by Crippen LogP contribution is 2.32. The fourth-order valence-electron chi connectivity index (χ4n) is 2.98. The topological polar surface area (TPSA) is 37.4 Å². The Labute approximate surface area is 152 Å². The van der Waals surface area contributed by atoms with Gasteiger partial charge in [-0.05, 0) is 45.3 Å².